The lowest BCUT2D eigenvalue weighted by Gasteiger charge is -2.49. The molecule has 6 heteroatoms. The number of hydrogen-bond acceptors (Lipinski definition) is 6. The predicted octanol–water partition coefficient (Wildman–Crippen LogP) is 4.73. The molecule has 1 N–H and O–H groups in total. The summed E-state index contributed by atoms with van der Waals surface area (Å²) in [5.41, 5.74) is -1.07. The summed E-state index contributed by atoms with van der Waals surface area (Å²) in [5, 5.41) is 39.5. The normalized spacial score (nSPS) is 35.6. The number of hydrogen-bond donors (Lipinski definition) is 1. The van der Waals surface area contributed by atoms with E-state index in [1.54, 1.807) is 6.92 Å². The average molecular weight is 412 g/mol. The van der Waals surface area contributed by atoms with Gasteiger partial charge in [-0.15, -0.1) is 0 Å². The van der Waals surface area contributed by atoms with Gasteiger partial charge in [0.2, 0.25) is 17.1 Å². The molecule has 0 amide bonds. The highest BCUT2D eigenvalue weighted by atomic mass is 16.7. The van der Waals surface area contributed by atoms with Crippen LogP contribution in [0.4, 0.5) is 0 Å². The molecule has 2 heterocycles. The lowest BCUT2D eigenvalue weighted by Crippen LogP contribution is -2.61. The van der Waals surface area contributed by atoms with Crippen LogP contribution in [0.2, 0.25) is 0 Å². The van der Waals surface area contributed by atoms with Gasteiger partial charge >= 0.3 is 0 Å². The Morgan fingerprint density at radius 2 is 1.84 bits per heavy atom. The molecule has 2 fully saturated rings. The van der Waals surface area contributed by atoms with Gasteiger partial charge in [0.25, 0.3) is 0 Å². The lowest BCUT2D eigenvalue weighted by molar-refractivity contribution is -0.276. The zero-order chi connectivity index (χ0) is 22.4. The predicted molar refractivity (Wildman–Crippen MR) is 113 cm³/mol. The molecule has 4 rings (SSSR count). The first-order valence-corrected chi connectivity index (χ1v) is 10.4. The molecule has 31 heavy (non-hydrogen) atoms. The number of nitrogens with zero attached hydrogens (tertiary/aromatic N) is 3. The van der Waals surface area contributed by atoms with Gasteiger partial charge in [0.15, 0.2) is 5.41 Å². The van der Waals surface area contributed by atoms with Crippen LogP contribution in [0.5, 0.6) is 0 Å². The maximum Gasteiger partial charge on any atom is 0.244 e. The zero-order valence-electron chi connectivity index (χ0n) is 17.7. The molecule has 0 aromatic heterocycles. The van der Waals surface area contributed by atoms with Gasteiger partial charge in [0.1, 0.15) is 6.10 Å². The molecule has 0 saturated carbocycles. The monoisotopic (exact) mass is 412 g/mol. The molecular formula is C25H24N4O2. The molecule has 0 spiro atoms. The summed E-state index contributed by atoms with van der Waals surface area (Å²) in [6.45, 7) is 7.78. The number of nitrogens with one attached hydrogen (secondary N) is 1. The quantitative estimate of drug-likeness (QED) is 0.721. The molecule has 1 aromatic rings. The van der Waals surface area contributed by atoms with Crippen molar-refractivity contribution in [2.45, 2.75) is 45.0 Å². The summed E-state index contributed by atoms with van der Waals surface area (Å²) < 4.78 is 12.5. The Morgan fingerprint density at radius 1 is 1.16 bits per heavy atom. The summed E-state index contributed by atoms with van der Waals surface area (Å²) in [6.07, 6.45) is 3.23. The fourth-order valence-electron chi connectivity index (χ4n) is 5.41. The molecular weight excluding hydrogens is 388 g/mol. The summed E-state index contributed by atoms with van der Waals surface area (Å²) in [4.78, 5) is 0. The molecule has 1 aromatic carbocycles. The van der Waals surface area contributed by atoms with Crippen molar-refractivity contribution < 1.29 is 9.47 Å². The van der Waals surface area contributed by atoms with Crippen molar-refractivity contribution in [3.8, 4) is 18.2 Å². The number of fused-ring (bicyclic) bond motifs is 2. The van der Waals surface area contributed by atoms with E-state index < -0.39 is 28.6 Å². The highest BCUT2D eigenvalue weighted by Gasteiger charge is 2.79. The van der Waals surface area contributed by atoms with Gasteiger partial charge in [0.05, 0.1) is 24.1 Å². The van der Waals surface area contributed by atoms with Crippen LogP contribution >= 0.6 is 0 Å². The minimum absolute atomic E-state index is 0.337. The van der Waals surface area contributed by atoms with Crippen LogP contribution in [0.3, 0.4) is 0 Å². The van der Waals surface area contributed by atoms with Crippen LogP contribution in [0, 0.1) is 62.1 Å². The number of ether oxygens (including phenoxy) is 2. The SMILES string of the molecule is C=C(C)C1CC=C(C2OC3(c4ccccc4)OC(=N)C(C#N)(C3C)C2(C#N)C#N)CC1. The van der Waals surface area contributed by atoms with E-state index in [9.17, 15) is 15.8 Å². The number of benzene rings is 1. The van der Waals surface area contributed by atoms with E-state index in [2.05, 4.69) is 24.8 Å². The first kappa shape index (κ1) is 20.9. The van der Waals surface area contributed by atoms with E-state index in [4.69, 9.17) is 14.9 Å². The fraction of sp³-hybridized carbons (Fsp3) is 0.440. The first-order chi connectivity index (χ1) is 14.8. The highest BCUT2D eigenvalue weighted by Crippen LogP contribution is 2.66. The molecule has 156 valence electrons. The largest absolute Gasteiger partial charge is 0.443 e. The Hall–Kier alpha value is -3.40. The van der Waals surface area contributed by atoms with Crippen LogP contribution in [0.1, 0.15) is 38.7 Å². The van der Waals surface area contributed by atoms with Crippen molar-refractivity contribution in [3.05, 3.63) is 59.7 Å². The molecule has 5 atom stereocenters. The average Bonchev–Trinajstić information content (AvgIpc) is 2.96. The Bertz CT molecular complexity index is 1090. The second-order valence-electron chi connectivity index (χ2n) is 8.73. The van der Waals surface area contributed by atoms with E-state index in [0.717, 1.165) is 24.0 Å². The summed E-state index contributed by atoms with van der Waals surface area (Å²) >= 11 is 0. The van der Waals surface area contributed by atoms with Gasteiger partial charge in [-0.1, -0.05) is 55.5 Å². The summed E-state index contributed by atoms with van der Waals surface area (Å²) in [5.74, 6) is -2.19. The maximum absolute atomic E-state index is 10.3. The van der Waals surface area contributed by atoms with Crippen molar-refractivity contribution in [1.29, 1.82) is 21.2 Å². The summed E-state index contributed by atoms with van der Waals surface area (Å²) in [6, 6.07) is 15.6. The van der Waals surface area contributed by atoms with Crippen molar-refractivity contribution >= 4 is 5.90 Å². The van der Waals surface area contributed by atoms with Crippen molar-refractivity contribution in [2.75, 3.05) is 0 Å². The fourth-order valence-corrected chi connectivity index (χ4v) is 5.41. The number of allylic oxidation sites excluding steroid dienone is 2. The Balaban J connectivity index is 1.93. The highest BCUT2D eigenvalue weighted by molar-refractivity contribution is 5.89. The Kier molecular flexibility index (Phi) is 4.77. The number of nitriles is 3. The smallest absolute Gasteiger partial charge is 0.244 e. The number of rotatable bonds is 3. The molecule has 3 aliphatic rings. The van der Waals surface area contributed by atoms with Crippen LogP contribution in [-0.4, -0.2) is 12.0 Å². The van der Waals surface area contributed by atoms with Gasteiger partial charge in [-0.3, -0.25) is 5.41 Å². The van der Waals surface area contributed by atoms with Crippen molar-refractivity contribution in [1.82, 2.24) is 0 Å². The second-order valence-corrected chi connectivity index (χ2v) is 8.73. The molecule has 2 saturated heterocycles. The van der Waals surface area contributed by atoms with E-state index in [1.165, 1.54) is 0 Å². The van der Waals surface area contributed by atoms with Crippen molar-refractivity contribution in [2.24, 2.45) is 22.7 Å². The third-order valence-electron chi connectivity index (χ3n) is 7.32. The molecule has 6 nitrogen and oxygen atoms in total. The minimum atomic E-state index is -1.89. The molecule has 0 radical (unpaired) electrons. The third kappa shape index (κ3) is 2.48. The van der Waals surface area contributed by atoms with E-state index >= 15 is 0 Å². The molecule has 5 unspecified atom stereocenters. The van der Waals surface area contributed by atoms with Gasteiger partial charge in [0, 0.05) is 5.56 Å². The first-order valence-electron chi connectivity index (χ1n) is 10.4. The van der Waals surface area contributed by atoms with Gasteiger partial charge in [-0.25, -0.2) is 0 Å². The van der Waals surface area contributed by atoms with E-state index in [-0.39, 0.29) is 5.90 Å². The van der Waals surface area contributed by atoms with E-state index in [0.29, 0.717) is 17.9 Å². The Labute approximate surface area is 182 Å². The zero-order valence-corrected chi connectivity index (χ0v) is 17.7. The van der Waals surface area contributed by atoms with Crippen molar-refractivity contribution in [3.63, 3.8) is 0 Å². The lowest BCUT2D eigenvalue weighted by atomic mass is 9.53. The second kappa shape index (κ2) is 7.09. The van der Waals surface area contributed by atoms with Crippen LogP contribution < -0.4 is 0 Å². The summed E-state index contributed by atoms with van der Waals surface area (Å²) in [7, 11) is 0. The van der Waals surface area contributed by atoms with Crippen LogP contribution in [-0.2, 0) is 15.3 Å². The maximum atomic E-state index is 10.3. The standard InChI is InChI=1S/C25H24N4O2/c1-16(2)18-9-11-19(12-10-18)21-23(13-26,14-27)24(15-28)17(3)25(30-21,31-22(24)29)20-7-5-4-6-8-20/h4-8,11,17-18,21,29H,1,9-10,12H2,2-3H3. The third-order valence-corrected chi connectivity index (χ3v) is 7.32. The van der Waals surface area contributed by atoms with Crippen LogP contribution in [0.15, 0.2) is 54.1 Å². The Morgan fingerprint density at radius 3 is 2.35 bits per heavy atom. The van der Waals surface area contributed by atoms with Gasteiger partial charge in [-0.05, 0) is 37.7 Å². The van der Waals surface area contributed by atoms with Crippen LogP contribution in [0.25, 0.3) is 0 Å². The molecule has 2 bridgehead atoms. The van der Waals surface area contributed by atoms with Gasteiger partial charge in [-0.2, -0.15) is 15.8 Å². The molecule has 2 aliphatic heterocycles. The topological polar surface area (TPSA) is 114 Å². The van der Waals surface area contributed by atoms with Gasteiger partial charge < -0.3 is 9.47 Å². The molecule has 1 aliphatic carbocycles. The van der Waals surface area contributed by atoms with E-state index in [1.807, 2.05) is 43.3 Å². The minimum Gasteiger partial charge on any atom is -0.443 e.